The number of halogens is 1. The number of aromatic amines is 1. The van der Waals surface area contributed by atoms with Crippen LogP contribution in [0.3, 0.4) is 0 Å². The summed E-state index contributed by atoms with van der Waals surface area (Å²) >= 11 is 6.37. The summed E-state index contributed by atoms with van der Waals surface area (Å²) in [6.45, 7) is 4.38. The highest BCUT2D eigenvalue weighted by molar-refractivity contribution is 6.31. The van der Waals surface area contributed by atoms with Gasteiger partial charge in [-0.1, -0.05) is 48.0 Å². The molecule has 7 nitrogen and oxygen atoms in total. The van der Waals surface area contributed by atoms with E-state index in [1.807, 2.05) is 37.3 Å². The molecule has 178 valence electrons. The van der Waals surface area contributed by atoms with E-state index in [4.69, 9.17) is 16.3 Å². The Morgan fingerprint density at radius 2 is 1.86 bits per heavy atom. The number of aryl methyl sites for hydroxylation is 1. The van der Waals surface area contributed by atoms with E-state index >= 15 is 0 Å². The quantitative estimate of drug-likeness (QED) is 0.328. The summed E-state index contributed by atoms with van der Waals surface area (Å²) in [4.78, 5) is 15.3. The summed E-state index contributed by atoms with van der Waals surface area (Å²) in [7, 11) is 0. The Hall–Kier alpha value is -3.97. The first-order chi connectivity index (χ1) is 16.9. The van der Waals surface area contributed by atoms with E-state index in [2.05, 4.69) is 10.2 Å². The average molecular weight is 490 g/mol. The van der Waals surface area contributed by atoms with Crippen molar-refractivity contribution in [3.63, 3.8) is 0 Å². The van der Waals surface area contributed by atoms with Crippen LogP contribution >= 0.6 is 11.6 Å². The van der Waals surface area contributed by atoms with Gasteiger partial charge in [0.1, 0.15) is 17.1 Å². The third kappa shape index (κ3) is 3.98. The summed E-state index contributed by atoms with van der Waals surface area (Å²) in [5.41, 5.74) is 4.31. The molecule has 0 spiro atoms. The first-order valence-electron chi connectivity index (χ1n) is 11.3. The third-order valence-corrected chi connectivity index (χ3v) is 6.60. The predicted octanol–water partition coefficient (Wildman–Crippen LogP) is 5.59. The molecular formula is C27H24ClN3O4. The summed E-state index contributed by atoms with van der Waals surface area (Å²) < 4.78 is 5.62. The first-order valence-corrected chi connectivity index (χ1v) is 11.6. The minimum Gasteiger partial charge on any atom is -0.507 e. The molecule has 8 heteroatoms. The van der Waals surface area contributed by atoms with Crippen molar-refractivity contribution in [2.75, 3.05) is 6.61 Å². The fraction of sp³-hybridized carbons (Fsp3) is 0.185. The minimum absolute atomic E-state index is 0.0186. The van der Waals surface area contributed by atoms with Gasteiger partial charge in [0.25, 0.3) is 5.91 Å². The van der Waals surface area contributed by atoms with Gasteiger partial charge in [-0.15, -0.1) is 0 Å². The molecule has 0 bridgehead atoms. The third-order valence-electron chi connectivity index (χ3n) is 6.19. The number of amides is 1. The van der Waals surface area contributed by atoms with Crippen molar-refractivity contribution < 1.29 is 19.7 Å². The topological polar surface area (TPSA) is 98.7 Å². The van der Waals surface area contributed by atoms with Gasteiger partial charge in [0, 0.05) is 22.7 Å². The van der Waals surface area contributed by atoms with Gasteiger partial charge in [-0.05, 0) is 54.8 Å². The van der Waals surface area contributed by atoms with Gasteiger partial charge in [-0.25, -0.2) is 0 Å². The van der Waals surface area contributed by atoms with Crippen LogP contribution in [0.15, 0.2) is 60.7 Å². The monoisotopic (exact) mass is 489 g/mol. The number of benzene rings is 3. The van der Waals surface area contributed by atoms with Crippen LogP contribution < -0.4 is 4.74 Å². The number of phenolic OH excluding ortho intramolecular Hbond substituents is 2. The Kier molecular flexibility index (Phi) is 5.86. The Morgan fingerprint density at radius 1 is 1.09 bits per heavy atom. The zero-order valence-electron chi connectivity index (χ0n) is 19.2. The van der Waals surface area contributed by atoms with Gasteiger partial charge in [-0.3, -0.25) is 9.89 Å². The number of H-pyrrole nitrogens is 1. The van der Waals surface area contributed by atoms with E-state index in [1.54, 1.807) is 42.2 Å². The zero-order chi connectivity index (χ0) is 24.7. The van der Waals surface area contributed by atoms with Crippen LogP contribution in [0.25, 0.3) is 11.3 Å². The first kappa shape index (κ1) is 22.8. The average Bonchev–Trinajstić information content (AvgIpc) is 3.38. The highest BCUT2D eigenvalue weighted by atomic mass is 35.5. The number of hydrogen-bond donors (Lipinski definition) is 3. The van der Waals surface area contributed by atoms with E-state index in [0.717, 1.165) is 16.7 Å². The van der Waals surface area contributed by atoms with E-state index in [9.17, 15) is 15.0 Å². The fourth-order valence-electron chi connectivity index (χ4n) is 4.52. The molecule has 0 fully saturated rings. The van der Waals surface area contributed by atoms with Crippen LogP contribution in [-0.2, 0) is 6.54 Å². The molecule has 0 unspecified atom stereocenters. The Morgan fingerprint density at radius 3 is 2.60 bits per heavy atom. The van der Waals surface area contributed by atoms with E-state index < -0.39 is 6.04 Å². The Bertz CT molecular complexity index is 1420. The molecule has 5 rings (SSSR count). The van der Waals surface area contributed by atoms with E-state index in [0.29, 0.717) is 46.4 Å². The van der Waals surface area contributed by atoms with E-state index in [-0.39, 0.29) is 17.4 Å². The fourth-order valence-corrected chi connectivity index (χ4v) is 4.68. The van der Waals surface area contributed by atoms with Crippen molar-refractivity contribution in [3.8, 4) is 28.5 Å². The number of nitrogens with zero attached hydrogens (tertiary/aromatic N) is 2. The van der Waals surface area contributed by atoms with Gasteiger partial charge in [0.05, 0.1) is 12.6 Å². The summed E-state index contributed by atoms with van der Waals surface area (Å²) in [6.07, 6.45) is 0. The van der Waals surface area contributed by atoms with Gasteiger partial charge in [0.2, 0.25) is 0 Å². The molecule has 3 aromatic carbocycles. The van der Waals surface area contributed by atoms with Crippen molar-refractivity contribution in [1.29, 1.82) is 0 Å². The Labute approximate surface area is 207 Å². The maximum atomic E-state index is 13.6. The second kappa shape index (κ2) is 9.00. The molecular weight excluding hydrogens is 466 g/mol. The number of aromatic hydroxyl groups is 2. The summed E-state index contributed by atoms with van der Waals surface area (Å²) in [6, 6.07) is 17.5. The normalized spacial score (nSPS) is 14.9. The number of rotatable bonds is 6. The largest absolute Gasteiger partial charge is 0.507 e. The molecule has 4 aromatic rings. The highest BCUT2D eigenvalue weighted by Crippen LogP contribution is 2.47. The molecule has 0 aliphatic carbocycles. The number of aromatic nitrogens is 2. The number of carbonyl (C=O) groups is 1. The number of nitrogens with one attached hydrogen (secondary N) is 1. The number of phenols is 2. The molecule has 0 saturated carbocycles. The molecule has 1 aliphatic rings. The predicted molar refractivity (Wildman–Crippen MR) is 133 cm³/mol. The second-order valence-electron chi connectivity index (χ2n) is 8.46. The van der Waals surface area contributed by atoms with Gasteiger partial charge in [-0.2, -0.15) is 5.10 Å². The van der Waals surface area contributed by atoms with Crippen LogP contribution in [0.2, 0.25) is 5.02 Å². The zero-order valence-corrected chi connectivity index (χ0v) is 20.0. The number of carbonyl (C=O) groups excluding carboxylic acids is 1. The highest BCUT2D eigenvalue weighted by Gasteiger charge is 2.42. The summed E-state index contributed by atoms with van der Waals surface area (Å²) in [5.74, 6) is 0.160. The van der Waals surface area contributed by atoms with E-state index in [1.165, 1.54) is 0 Å². The lowest BCUT2D eigenvalue weighted by molar-refractivity contribution is 0.0730. The smallest absolute Gasteiger partial charge is 0.273 e. The number of fused-ring (bicyclic) bond motifs is 1. The molecule has 35 heavy (non-hydrogen) atoms. The van der Waals surface area contributed by atoms with Gasteiger partial charge >= 0.3 is 0 Å². The lowest BCUT2D eigenvalue weighted by Gasteiger charge is -2.27. The van der Waals surface area contributed by atoms with Crippen molar-refractivity contribution in [1.82, 2.24) is 15.1 Å². The molecule has 2 heterocycles. The molecule has 1 aromatic heterocycles. The van der Waals surface area contributed by atoms with Gasteiger partial charge < -0.3 is 19.8 Å². The van der Waals surface area contributed by atoms with Crippen LogP contribution in [0, 0.1) is 6.92 Å². The van der Waals surface area contributed by atoms with Crippen LogP contribution in [0.1, 0.15) is 45.7 Å². The van der Waals surface area contributed by atoms with Crippen LogP contribution in [0.5, 0.6) is 17.2 Å². The Balaban J connectivity index is 1.69. The van der Waals surface area contributed by atoms with Crippen LogP contribution in [-0.4, -0.2) is 37.8 Å². The van der Waals surface area contributed by atoms with Gasteiger partial charge in [0.15, 0.2) is 11.5 Å². The SMILES string of the molecule is CCOc1cc([C@H]2c3c(-c4cc(Cl)c(C)cc4O)n[nH]c3C(=O)N2Cc2ccccc2)ccc1O. The van der Waals surface area contributed by atoms with Crippen molar-refractivity contribution in [3.05, 3.63) is 93.6 Å². The number of ether oxygens (including phenoxy) is 1. The molecule has 3 N–H and O–H groups in total. The van der Waals surface area contributed by atoms with Crippen molar-refractivity contribution >= 4 is 17.5 Å². The molecule has 1 aliphatic heterocycles. The number of hydrogen-bond acceptors (Lipinski definition) is 5. The summed E-state index contributed by atoms with van der Waals surface area (Å²) in [5, 5.41) is 28.8. The maximum Gasteiger partial charge on any atom is 0.273 e. The molecule has 1 atom stereocenters. The molecule has 0 radical (unpaired) electrons. The maximum absolute atomic E-state index is 13.6. The lowest BCUT2D eigenvalue weighted by atomic mass is 9.94. The lowest BCUT2D eigenvalue weighted by Crippen LogP contribution is -2.29. The standard InChI is InChI=1S/C27H24ClN3O4/c1-3-35-22-12-17(9-10-20(22)32)26-23-24(18-13-19(28)15(2)11-21(18)33)29-30-25(23)27(34)31(26)14-16-7-5-4-6-8-16/h4-13,26,32-33H,3,14H2,1-2H3,(H,29,30)/t26-/m0/s1. The molecule has 1 amide bonds. The van der Waals surface area contributed by atoms with Crippen LogP contribution in [0.4, 0.5) is 0 Å². The molecule has 0 saturated heterocycles. The van der Waals surface area contributed by atoms with Crippen molar-refractivity contribution in [2.45, 2.75) is 26.4 Å². The van der Waals surface area contributed by atoms with Crippen molar-refractivity contribution in [2.24, 2.45) is 0 Å². The minimum atomic E-state index is -0.536. The second-order valence-corrected chi connectivity index (χ2v) is 8.87.